The summed E-state index contributed by atoms with van der Waals surface area (Å²) >= 11 is 0. The second kappa shape index (κ2) is 3.93. The molecular formula is C8H13NO6. The lowest BCUT2D eigenvalue weighted by Gasteiger charge is -2.19. The third-order valence-corrected chi connectivity index (χ3v) is 2.58. The minimum Gasteiger partial charge on any atom is -0.448 e. The van der Waals surface area contributed by atoms with Gasteiger partial charge in [-0.1, -0.05) is 0 Å². The van der Waals surface area contributed by atoms with E-state index in [0.717, 1.165) is 0 Å². The summed E-state index contributed by atoms with van der Waals surface area (Å²) in [7, 11) is 0. The number of carbonyl (C=O) groups excluding carboxylic acids is 1. The first-order valence-corrected chi connectivity index (χ1v) is 4.71. The second-order valence-electron chi connectivity index (χ2n) is 3.61. The second-order valence-corrected chi connectivity index (χ2v) is 3.61. The number of cyclic esters (lactones) is 1. The van der Waals surface area contributed by atoms with E-state index in [1.807, 2.05) is 0 Å². The van der Waals surface area contributed by atoms with Crippen molar-refractivity contribution < 1.29 is 29.6 Å². The number of amides is 1. The molecule has 7 nitrogen and oxygen atoms in total. The number of aliphatic hydroxyl groups is 3. The Morgan fingerprint density at radius 2 is 2.07 bits per heavy atom. The third kappa shape index (κ3) is 1.91. The Morgan fingerprint density at radius 1 is 1.33 bits per heavy atom. The first kappa shape index (κ1) is 10.6. The Hall–Kier alpha value is -0.890. The zero-order valence-corrected chi connectivity index (χ0v) is 7.94. The highest BCUT2D eigenvalue weighted by Gasteiger charge is 2.43. The lowest BCUT2D eigenvalue weighted by Crippen LogP contribution is -2.40. The molecule has 2 heterocycles. The van der Waals surface area contributed by atoms with E-state index in [9.17, 15) is 15.0 Å². The minimum absolute atomic E-state index is 0.105. The minimum atomic E-state index is -1.40. The van der Waals surface area contributed by atoms with Gasteiger partial charge in [0.1, 0.15) is 24.9 Å². The summed E-state index contributed by atoms with van der Waals surface area (Å²) < 4.78 is 9.59. The maximum atomic E-state index is 11.1. The fourth-order valence-corrected chi connectivity index (χ4v) is 1.69. The van der Waals surface area contributed by atoms with E-state index >= 15 is 0 Å². The summed E-state index contributed by atoms with van der Waals surface area (Å²) in [6, 6.07) is 0. The van der Waals surface area contributed by atoms with Gasteiger partial charge >= 0.3 is 6.09 Å². The lowest BCUT2D eigenvalue weighted by molar-refractivity contribution is -0.128. The SMILES string of the molecule is O=C1OCCN1C[C@H]1O[C@@H](O)[C@H](O)[C@@H]1O. The highest BCUT2D eigenvalue weighted by molar-refractivity contribution is 5.69. The van der Waals surface area contributed by atoms with Crippen molar-refractivity contribution in [3.63, 3.8) is 0 Å². The van der Waals surface area contributed by atoms with Crippen molar-refractivity contribution in [1.82, 2.24) is 4.90 Å². The van der Waals surface area contributed by atoms with Crippen molar-refractivity contribution >= 4 is 6.09 Å². The molecule has 1 amide bonds. The molecule has 0 radical (unpaired) electrons. The zero-order chi connectivity index (χ0) is 11.0. The van der Waals surface area contributed by atoms with Crippen molar-refractivity contribution in [2.24, 2.45) is 0 Å². The Kier molecular flexibility index (Phi) is 2.79. The number of carbonyl (C=O) groups is 1. The molecule has 2 aliphatic heterocycles. The molecule has 0 bridgehead atoms. The van der Waals surface area contributed by atoms with Gasteiger partial charge in [-0.2, -0.15) is 0 Å². The van der Waals surface area contributed by atoms with E-state index in [1.165, 1.54) is 4.90 Å². The summed E-state index contributed by atoms with van der Waals surface area (Å²) in [6.07, 6.45) is -5.16. The molecule has 0 unspecified atom stereocenters. The number of aliphatic hydroxyl groups excluding tert-OH is 3. The quantitative estimate of drug-likeness (QED) is 0.491. The van der Waals surface area contributed by atoms with Crippen LogP contribution in [-0.4, -0.2) is 70.6 Å². The standard InChI is InChI=1S/C8H13NO6/c10-5-4(15-7(12)6(5)11)3-9-1-2-14-8(9)13/h4-7,10-12H,1-3H2/t4-,5-,6-,7-/m1/s1. The van der Waals surface area contributed by atoms with E-state index in [4.69, 9.17) is 9.84 Å². The van der Waals surface area contributed by atoms with Gasteiger partial charge in [0.05, 0.1) is 13.1 Å². The van der Waals surface area contributed by atoms with Crippen LogP contribution < -0.4 is 0 Å². The highest BCUT2D eigenvalue weighted by atomic mass is 16.6. The summed E-state index contributed by atoms with van der Waals surface area (Å²) in [5.74, 6) is 0. The average molecular weight is 219 g/mol. The zero-order valence-electron chi connectivity index (χ0n) is 7.94. The molecule has 2 fully saturated rings. The maximum Gasteiger partial charge on any atom is 0.410 e. The smallest absolute Gasteiger partial charge is 0.410 e. The number of nitrogens with zero attached hydrogens (tertiary/aromatic N) is 1. The van der Waals surface area contributed by atoms with Crippen LogP contribution in [0.1, 0.15) is 0 Å². The summed E-state index contributed by atoms with van der Waals surface area (Å²) in [4.78, 5) is 12.4. The molecule has 0 aromatic carbocycles. The molecular weight excluding hydrogens is 206 g/mol. The summed E-state index contributed by atoms with van der Waals surface area (Å²) in [6.45, 7) is 0.846. The maximum absolute atomic E-state index is 11.1. The molecule has 3 N–H and O–H groups in total. The van der Waals surface area contributed by atoms with E-state index < -0.39 is 30.7 Å². The van der Waals surface area contributed by atoms with Crippen molar-refractivity contribution in [3.8, 4) is 0 Å². The van der Waals surface area contributed by atoms with Crippen LogP contribution in [0.2, 0.25) is 0 Å². The van der Waals surface area contributed by atoms with Crippen LogP contribution >= 0.6 is 0 Å². The molecule has 0 aromatic rings. The summed E-state index contributed by atoms with van der Waals surface area (Å²) in [5, 5.41) is 27.8. The van der Waals surface area contributed by atoms with Crippen molar-refractivity contribution in [2.45, 2.75) is 24.6 Å². The predicted octanol–water partition coefficient (Wildman–Crippen LogP) is -2.12. The topological polar surface area (TPSA) is 99.5 Å². The fourth-order valence-electron chi connectivity index (χ4n) is 1.69. The van der Waals surface area contributed by atoms with Gasteiger partial charge < -0.3 is 29.7 Å². The van der Waals surface area contributed by atoms with E-state index in [-0.39, 0.29) is 6.54 Å². The van der Waals surface area contributed by atoms with Crippen LogP contribution in [0, 0.1) is 0 Å². The first-order valence-electron chi connectivity index (χ1n) is 4.71. The van der Waals surface area contributed by atoms with Crippen LogP contribution in [0.15, 0.2) is 0 Å². The van der Waals surface area contributed by atoms with E-state index in [2.05, 4.69) is 4.74 Å². The molecule has 0 saturated carbocycles. The molecule has 0 aromatic heterocycles. The highest BCUT2D eigenvalue weighted by Crippen LogP contribution is 2.21. The largest absolute Gasteiger partial charge is 0.448 e. The molecule has 86 valence electrons. The first-order chi connectivity index (χ1) is 7.09. The van der Waals surface area contributed by atoms with Gasteiger partial charge in [0.15, 0.2) is 6.29 Å². The molecule has 2 rings (SSSR count). The van der Waals surface area contributed by atoms with Crippen LogP contribution in [-0.2, 0) is 9.47 Å². The van der Waals surface area contributed by atoms with Crippen molar-refractivity contribution in [2.75, 3.05) is 19.7 Å². The normalized spacial score (nSPS) is 41.0. The monoisotopic (exact) mass is 219 g/mol. The Balaban J connectivity index is 1.92. The lowest BCUT2D eigenvalue weighted by atomic mass is 10.1. The van der Waals surface area contributed by atoms with Crippen molar-refractivity contribution in [3.05, 3.63) is 0 Å². The molecule has 2 saturated heterocycles. The number of hydrogen-bond donors (Lipinski definition) is 3. The number of rotatable bonds is 2. The van der Waals surface area contributed by atoms with Crippen molar-refractivity contribution in [1.29, 1.82) is 0 Å². The van der Waals surface area contributed by atoms with Gasteiger partial charge in [0.2, 0.25) is 0 Å². The Labute approximate surface area is 85.8 Å². The molecule has 4 atom stereocenters. The van der Waals surface area contributed by atoms with E-state index in [0.29, 0.717) is 13.2 Å². The van der Waals surface area contributed by atoms with Gasteiger partial charge in [0, 0.05) is 0 Å². The molecule has 2 aliphatic rings. The Morgan fingerprint density at radius 3 is 2.53 bits per heavy atom. The Bertz CT molecular complexity index is 260. The summed E-state index contributed by atoms with van der Waals surface area (Å²) in [5.41, 5.74) is 0. The van der Waals surface area contributed by atoms with Gasteiger partial charge in [-0.15, -0.1) is 0 Å². The number of hydrogen-bond acceptors (Lipinski definition) is 6. The van der Waals surface area contributed by atoms with Crippen LogP contribution in [0.3, 0.4) is 0 Å². The van der Waals surface area contributed by atoms with Crippen LogP contribution in [0.5, 0.6) is 0 Å². The third-order valence-electron chi connectivity index (χ3n) is 2.58. The van der Waals surface area contributed by atoms with Gasteiger partial charge in [-0.05, 0) is 0 Å². The van der Waals surface area contributed by atoms with Crippen LogP contribution in [0.4, 0.5) is 4.79 Å². The predicted molar refractivity (Wildman–Crippen MR) is 45.8 cm³/mol. The van der Waals surface area contributed by atoms with Crippen LogP contribution in [0.25, 0.3) is 0 Å². The molecule has 15 heavy (non-hydrogen) atoms. The fraction of sp³-hybridized carbons (Fsp3) is 0.875. The molecule has 0 spiro atoms. The van der Waals surface area contributed by atoms with E-state index in [1.54, 1.807) is 0 Å². The van der Waals surface area contributed by atoms with Gasteiger partial charge in [-0.3, -0.25) is 0 Å². The number of ether oxygens (including phenoxy) is 2. The average Bonchev–Trinajstić information content (AvgIpc) is 2.69. The van der Waals surface area contributed by atoms with Gasteiger partial charge in [0.25, 0.3) is 0 Å². The molecule has 0 aliphatic carbocycles. The molecule has 7 heteroatoms. The van der Waals surface area contributed by atoms with Gasteiger partial charge in [-0.25, -0.2) is 4.79 Å².